The van der Waals surface area contributed by atoms with E-state index in [1.54, 1.807) is 0 Å². The molecule has 1 atom stereocenters. The maximum atomic E-state index is 12.9. The summed E-state index contributed by atoms with van der Waals surface area (Å²) >= 11 is 0. The van der Waals surface area contributed by atoms with E-state index in [-0.39, 0.29) is 6.07 Å². The molecule has 1 aromatic rings. The number of aliphatic hydroxyl groups excluding tert-OH is 1. The Labute approximate surface area is 109 Å². The molecule has 0 saturated carbocycles. The van der Waals surface area contributed by atoms with Crippen molar-refractivity contribution in [2.45, 2.75) is 18.4 Å². The molecule has 0 saturated heterocycles. The van der Waals surface area contributed by atoms with Gasteiger partial charge in [0.15, 0.2) is 0 Å². The Kier molecular flexibility index (Phi) is 4.55. The number of nitrogens with two attached hydrogens (primary N) is 1. The van der Waals surface area contributed by atoms with E-state index in [9.17, 15) is 26.3 Å². The molecule has 1 rings (SSSR count). The van der Waals surface area contributed by atoms with Gasteiger partial charge in [-0.3, -0.25) is 0 Å². The van der Waals surface area contributed by atoms with Crippen molar-refractivity contribution in [3.63, 3.8) is 0 Å². The molecule has 20 heavy (non-hydrogen) atoms. The van der Waals surface area contributed by atoms with E-state index < -0.39 is 47.4 Å². The zero-order valence-electron chi connectivity index (χ0n) is 10.1. The van der Waals surface area contributed by atoms with Crippen molar-refractivity contribution in [2.24, 2.45) is 5.73 Å². The fourth-order valence-electron chi connectivity index (χ4n) is 1.67. The highest BCUT2D eigenvalue weighted by atomic mass is 19.4. The van der Waals surface area contributed by atoms with E-state index in [1.165, 1.54) is 0 Å². The van der Waals surface area contributed by atoms with Crippen LogP contribution in [0, 0.1) is 0 Å². The minimum atomic E-state index is -5.06. The smallest absolute Gasteiger partial charge is 0.416 e. The van der Waals surface area contributed by atoms with Crippen LogP contribution in [0.1, 0.15) is 22.7 Å². The molecule has 9 heteroatoms. The van der Waals surface area contributed by atoms with Gasteiger partial charge in [0.25, 0.3) is 0 Å². The monoisotopic (exact) mass is 303 g/mol. The fourth-order valence-corrected chi connectivity index (χ4v) is 1.67. The van der Waals surface area contributed by atoms with Crippen LogP contribution in [-0.2, 0) is 12.4 Å². The average Bonchev–Trinajstić information content (AvgIpc) is 2.33. The van der Waals surface area contributed by atoms with Crippen LogP contribution in [-0.4, -0.2) is 18.8 Å². The molecule has 0 radical (unpaired) electrons. The number of alkyl halides is 6. The summed E-state index contributed by atoms with van der Waals surface area (Å²) in [5.41, 5.74) is 1.52. The average molecular weight is 303 g/mol. The molecule has 0 aliphatic heterocycles. The van der Waals surface area contributed by atoms with Crippen molar-refractivity contribution < 1.29 is 36.2 Å². The first-order valence-corrected chi connectivity index (χ1v) is 5.25. The van der Waals surface area contributed by atoms with Gasteiger partial charge in [-0.25, -0.2) is 0 Å². The molecule has 0 aliphatic carbocycles. The molecule has 0 unspecified atom stereocenters. The standard InChI is InChI=1S/C11H11F6NO2/c1-20-8-3-5(10(12,13)14)2-6(11(15,16)17)9(8)7(18)4-19/h2-3,7,19H,4,18H2,1H3/t7-/m1/s1. The van der Waals surface area contributed by atoms with Crippen LogP contribution in [0.3, 0.4) is 0 Å². The zero-order valence-corrected chi connectivity index (χ0v) is 10.1. The molecule has 0 aliphatic rings. The number of hydrogen-bond acceptors (Lipinski definition) is 3. The van der Waals surface area contributed by atoms with Gasteiger partial charge in [-0.2, -0.15) is 26.3 Å². The van der Waals surface area contributed by atoms with Crippen LogP contribution < -0.4 is 10.5 Å². The minimum Gasteiger partial charge on any atom is -0.496 e. The normalized spacial score (nSPS) is 14.2. The van der Waals surface area contributed by atoms with Crippen molar-refractivity contribution in [1.29, 1.82) is 0 Å². The zero-order chi connectivity index (χ0) is 15.7. The third-order valence-electron chi connectivity index (χ3n) is 2.56. The second-order valence-corrected chi connectivity index (χ2v) is 3.92. The summed E-state index contributed by atoms with van der Waals surface area (Å²) in [6, 6.07) is -1.14. The topological polar surface area (TPSA) is 55.5 Å². The molecule has 3 nitrogen and oxygen atoms in total. The Bertz CT molecular complexity index is 483. The highest BCUT2D eigenvalue weighted by molar-refractivity contribution is 5.48. The Morgan fingerprint density at radius 1 is 1.15 bits per heavy atom. The van der Waals surface area contributed by atoms with Crippen molar-refractivity contribution in [3.05, 3.63) is 28.8 Å². The van der Waals surface area contributed by atoms with Crippen molar-refractivity contribution >= 4 is 0 Å². The molecule has 0 bridgehead atoms. The van der Waals surface area contributed by atoms with Gasteiger partial charge in [-0.05, 0) is 12.1 Å². The lowest BCUT2D eigenvalue weighted by Crippen LogP contribution is -2.22. The van der Waals surface area contributed by atoms with Crippen LogP contribution in [0.15, 0.2) is 12.1 Å². The van der Waals surface area contributed by atoms with Gasteiger partial charge in [0.1, 0.15) is 5.75 Å². The van der Waals surface area contributed by atoms with Crippen LogP contribution in [0.5, 0.6) is 5.75 Å². The first-order valence-electron chi connectivity index (χ1n) is 5.25. The number of benzene rings is 1. The van der Waals surface area contributed by atoms with E-state index in [1.807, 2.05) is 0 Å². The molecular formula is C11H11F6NO2. The summed E-state index contributed by atoms with van der Waals surface area (Å²) in [5, 5.41) is 8.86. The predicted molar refractivity (Wildman–Crippen MR) is 57.0 cm³/mol. The fraction of sp³-hybridized carbons (Fsp3) is 0.455. The van der Waals surface area contributed by atoms with Crippen LogP contribution in [0.4, 0.5) is 26.3 Å². The van der Waals surface area contributed by atoms with Gasteiger partial charge in [0, 0.05) is 5.56 Å². The maximum Gasteiger partial charge on any atom is 0.416 e. The van der Waals surface area contributed by atoms with Gasteiger partial charge >= 0.3 is 12.4 Å². The first kappa shape index (κ1) is 16.6. The second-order valence-electron chi connectivity index (χ2n) is 3.92. The van der Waals surface area contributed by atoms with Gasteiger partial charge in [-0.15, -0.1) is 0 Å². The Morgan fingerprint density at radius 3 is 2.05 bits per heavy atom. The van der Waals surface area contributed by atoms with E-state index >= 15 is 0 Å². The highest BCUT2D eigenvalue weighted by Gasteiger charge is 2.40. The number of rotatable bonds is 3. The largest absolute Gasteiger partial charge is 0.496 e. The summed E-state index contributed by atoms with van der Waals surface area (Å²) in [5.74, 6) is -0.673. The third kappa shape index (κ3) is 3.34. The van der Waals surface area contributed by atoms with E-state index in [4.69, 9.17) is 10.8 Å². The number of methoxy groups -OCH3 is 1. The van der Waals surface area contributed by atoms with Gasteiger partial charge < -0.3 is 15.6 Å². The molecule has 1 aromatic carbocycles. The lowest BCUT2D eigenvalue weighted by molar-refractivity contribution is -0.143. The van der Waals surface area contributed by atoms with E-state index in [0.717, 1.165) is 7.11 Å². The molecule has 0 spiro atoms. The first-order chi connectivity index (χ1) is 9.02. The van der Waals surface area contributed by atoms with E-state index in [0.29, 0.717) is 6.07 Å². The highest BCUT2D eigenvalue weighted by Crippen LogP contribution is 2.43. The van der Waals surface area contributed by atoms with Crippen molar-refractivity contribution in [1.82, 2.24) is 0 Å². The Balaban J connectivity index is 3.65. The maximum absolute atomic E-state index is 12.9. The quantitative estimate of drug-likeness (QED) is 0.844. The molecule has 0 heterocycles. The minimum absolute atomic E-state index is 0.0482. The Hall–Kier alpha value is -1.48. The number of ether oxygens (including phenoxy) is 1. The Morgan fingerprint density at radius 2 is 1.70 bits per heavy atom. The summed E-state index contributed by atoms with van der Waals surface area (Å²) in [4.78, 5) is 0. The van der Waals surface area contributed by atoms with Crippen molar-refractivity contribution in [3.8, 4) is 5.75 Å². The summed E-state index contributed by atoms with van der Waals surface area (Å²) < 4.78 is 80.9. The summed E-state index contributed by atoms with van der Waals surface area (Å²) in [6.45, 7) is -0.870. The molecule has 3 N–H and O–H groups in total. The van der Waals surface area contributed by atoms with Crippen molar-refractivity contribution in [2.75, 3.05) is 13.7 Å². The summed E-state index contributed by atoms with van der Waals surface area (Å²) in [7, 11) is 0.920. The molecule has 0 fully saturated rings. The molecular weight excluding hydrogens is 292 g/mol. The number of hydrogen-bond donors (Lipinski definition) is 2. The lowest BCUT2D eigenvalue weighted by Gasteiger charge is -2.22. The summed E-state index contributed by atoms with van der Waals surface area (Å²) in [6.07, 6.45) is -10.0. The van der Waals surface area contributed by atoms with Crippen LogP contribution in [0.2, 0.25) is 0 Å². The number of halogens is 6. The van der Waals surface area contributed by atoms with Gasteiger partial charge in [0.05, 0.1) is 30.9 Å². The van der Waals surface area contributed by atoms with Gasteiger partial charge in [0.2, 0.25) is 0 Å². The molecule has 0 amide bonds. The molecule has 0 aromatic heterocycles. The van der Waals surface area contributed by atoms with Crippen LogP contribution in [0.25, 0.3) is 0 Å². The predicted octanol–water partition coefficient (Wildman–Crippen LogP) is 2.72. The van der Waals surface area contributed by atoms with Crippen LogP contribution >= 0.6 is 0 Å². The van der Waals surface area contributed by atoms with E-state index in [2.05, 4.69) is 4.74 Å². The molecule has 114 valence electrons. The SMILES string of the molecule is COc1cc(C(F)(F)F)cc(C(F)(F)F)c1[C@H](N)CO. The second kappa shape index (κ2) is 5.49. The lowest BCUT2D eigenvalue weighted by atomic mass is 9.96. The number of aliphatic hydroxyl groups is 1. The third-order valence-corrected chi connectivity index (χ3v) is 2.56. The van der Waals surface area contributed by atoms with Gasteiger partial charge in [-0.1, -0.05) is 0 Å².